The monoisotopic (exact) mass is 406 g/mol. The lowest BCUT2D eigenvalue weighted by atomic mass is 11.3. The molecule has 0 unspecified atom stereocenters. The van der Waals surface area contributed by atoms with E-state index in [2.05, 4.69) is 45.8 Å². The molecule has 4 nitrogen and oxygen atoms in total. The van der Waals surface area contributed by atoms with Gasteiger partial charge in [0.05, 0.1) is 12.5 Å². The van der Waals surface area contributed by atoms with Gasteiger partial charge in [-0.15, -0.1) is 0 Å². The van der Waals surface area contributed by atoms with Gasteiger partial charge in [-0.1, -0.05) is 44.6 Å². The summed E-state index contributed by atoms with van der Waals surface area (Å²) in [5.41, 5.74) is 0. The van der Waals surface area contributed by atoms with Crippen LogP contribution in [0.5, 0.6) is 0 Å². The summed E-state index contributed by atoms with van der Waals surface area (Å²) < 4.78 is 22.7. The quantitative estimate of drug-likeness (QED) is 0.240. The Labute approximate surface area is 160 Å². The van der Waals surface area contributed by atoms with Crippen LogP contribution in [0.4, 0.5) is 0 Å². The Morgan fingerprint density at radius 3 is 1.21 bits per heavy atom. The SMILES string of the molecule is C.C.C.C.C.C.CO[Si](C)(C)COCOC[Si](C)(C)O[Si](C)(C)C. The molecule has 0 N–H and O–H groups in total. The van der Waals surface area contributed by atoms with Crippen molar-refractivity contribution < 1.29 is 18.0 Å². The van der Waals surface area contributed by atoms with Crippen molar-refractivity contribution in [2.75, 3.05) is 26.4 Å². The summed E-state index contributed by atoms with van der Waals surface area (Å²) in [6.45, 7) is 15.6. The van der Waals surface area contributed by atoms with E-state index in [0.717, 1.165) is 0 Å². The highest BCUT2D eigenvalue weighted by Crippen LogP contribution is 2.14. The van der Waals surface area contributed by atoms with E-state index in [-0.39, 0.29) is 44.6 Å². The van der Waals surface area contributed by atoms with Gasteiger partial charge in [-0.3, -0.25) is 0 Å². The van der Waals surface area contributed by atoms with Gasteiger partial charge in [0.25, 0.3) is 0 Å². The molecule has 0 aliphatic rings. The molecule has 158 valence electrons. The molecule has 0 saturated carbocycles. The van der Waals surface area contributed by atoms with Gasteiger partial charge < -0.3 is 18.0 Å². The molecule has 0 aromatic carbocycles. The van der Waals surface area contributed by atoms with Crippen molar-refractivity contribution in [2.45, 2.75) is 90.4 Å². The zero-order valence-corrected chi connectivity index (χ0v) is 16.3. The molecule has 0 radical (unpaired) electrons. The molecule has 0 fully saturated rings. The minimum absolute atomic E-state index is 0. The van der Waals surface area contributed by atoms with Gasteiger partial charge in [0.2, 0.25) is 8.32 Å². The highest BCUT2D eigenvalue weighted by molar-refractivity contribution is 6.84. The van der Waals surface area contributed by atoms with Crippen molar-refractivity contribution in [2.24, 2.45) is 0 Å². The number of hydrogen-bond donors (Lipinski definition) is 0. The van der Waals surface area contributed by atoms with Gasteiger partial charge >= 0.3 is 0 Å². The van der Waals surface area contributed by atoms with E-state index >= 15 is 0 Å². The van der Waals surface area contributed by atoms with E-state index in [9.17, 15) is 0 Å². The first kappa shape index (κ1) is 44.2. The van der Waals surface area contributed by atoms with Crippen LogP contribution in [0, 0.1) is 0 Å². The average molecular weight is 407 g/mol. The summed E-state index contributed by atoms with van der Waals surface area (Å²) in [7, 11) is -3.05. The summed E-state index contributed by atoms with van der Waals surface area (Å²) in [5, 5.41) is 0. The fourth-order valence-electron chi connectivity index (χ4n) is 1.55. The molecule has 0 spiro atoms. The average Bonchev–Trinajstić information content (AvgIpc) is 2.13. The van der Waals surface area contributed by atoms with Crippen LogP contribution in [-0.4, -0.2) is 51.3 Å². The Kier molecular flexibility index (Phi) is 33.7. The first-order valence-electron chi connectivity index (χ1n) is 6.38. The van der Waals surface area contributed by atoms with Gasteiger partial charge in [0, 0.05) is 7.11 Å². The normalized spacial score (nSPS) is 10.5. The number of hydrogen-bond acceptors (Lipinski definition) is 4. The molecular weight excluding hydrogens is 352 g/mol. The lowest BCUT2D eigenvalue weighted by molar-refractivity contribution is -0.0294. The lowest BCUT2D eigenvalue weighted by Crippen LogP contribution is -2.46. The van der Waals surface area contributed by atoms with Gasteiger partial charge in [-0.25, -0.2) is 0 Å². The van der Waals surface area contributed by atoms with Crippen LogP contribution in [0.1, 0.15) is 44.6 Å². The van der Waals surface area contributed by atoms with Crippen LogP contribution >= 0.6 is 0 Å². The zero-order valence-electron chi connectivity index (χ0n) is 13.3. The molecule has 0 saturated heterocycles. The predicted molar refractivity (Wildman–Crippen MR) is 124 cm³/mol. The lowest BCUT2D eigenvalue weighted by Gasteiger charge is -2.31. The maximum atomic E-state index is 6.18. The second-order valence-corrected chi connectivity index (χ2v) is 19.8. The van der Waals surface area contributed by atoms with Crippen molar-refractivity contribution in [1.82, 2.24) is 0 Å². The van der Waals surface area contributed by atoms with E-state index in [1.807, 2.05) is 0 Å². The molecule has 0 aliphatic carbocycles. The molecule has 0 aliphatic heterocycles. The van der Waals surface area contributed by atoms with Gasteiger partial charge in [0.15, 0.2) is 16.6 Å². The second-order valence-electron chi connectivity index (χ2n) is 6.75. The summed E-state index contributed by atoms with van der Waals surface area (Å²) in [4.78, 5) is 0. The van der Waals surface area contributed by atoms with Crippen LogP contribution < -0.4 is 0 Å². The summed E-state index contributed by atoms with van der Waals surface area (Å²) in [5.74, 6) is 0. The van der Waals surface area contributed by atoms with Crippen molar-refractivity contribution in [3.63, 3.8) is 0 Å². The third-order valence-electron chi connectivity index (χ3n) is 2.20. The van der Waals surface area contributed by atoms with Gasteiger partial charge in [-0.2, -0.15) is 0 Å². The third kappa shape index (κ3) is 27.3. The summed E-state index contributed by atoms with van der Waals surface area (Å²) >= 11 is 0. The van der Waals surface area contributed by atoms with Crippen LogP contribution in [0.25, 0.3) is 0 Å². The van der Waals surface area contributed by atoms with Crippen LogP contribution in [0.15, 0.2) is 0 Å². The summed E-state index contributed by atoms with van der Waals surface area (Å²) in [6, 6.07) is 0. The Bertz CT molecular complexity index is 242. The molecule has 0 amide bonds. The molecule has 0 aromatic rings. The van der Waals surface area contributed by atoms with Crippen LogP contribution in [-0.2, 0) is 18.0 Å². The van der Waals surface area contributed by atoms with E-state index in [4.69, 9.17) is 18.0 Å². The number of rotatable bonds is 9. The van der Waals surface area contributed by atoms with E-state index in [1.165, 1.54) is 0 Å². The van der Waals surface area contributed by atoms with Crippen LogP contribution in [0.3, 0.4) is 0 Å². The maximum Gasteiger partial charge on any atom is 0.211 e. The van der Waals surface area contributed by atoms with Crippen molar-refractivity contribution >= 4 is 25.0 Å². The van der Waals surface area contributed by atoms with E-state index in [0.29, 0.717) is 19.3 Å². The van der Waals surface area contributed by atoms with Crippen molar-refractivity contribution in [3.8, 4) is 0 Å². The van der Waals surface area contributed by atoms with E-state index < -0.39 is 25.0 Å². The Morgan fingerprint density at radius 1 is 0.583 bits per heavy atom. The van der Waals surface area contributed by atoms with Crippen molar-refractivity contribution in [3.05, 3.63) is 0 Å². The highest BCUT2D eigenvalue weighted by atomic mass is 28.4. The van der Waals surface area contributed by atoms with Crippen LogP contribution in [0.2, 0.25) is 45.8 Å². The fourth-order valence-corrected chi connectivity index (χ4v) is 9.69. The summed E-state index contributed by atoms with van der Waals surface area (Å²) in [6.07, 6.45) is 1.35. The molecule has 7 heteroatoms. The Balaban J connectivity index is -0.0000000963. The topological polar surface area (TPSA) is 36.9 Å². The number of ether oxygens (including phenoxy) is 2. The second kappa shape index (κ2) is 18.3. The van der Waals surface area contributed by atoms with Crippen molar-refractivity contribution in [1.29, 1.82) is 0 Å². The first-order chi connectivity index (χ1) is 7.97. The Hall–Kier alpha value is 0.491. The Morgan fingerprint density at radius 2 is 0.917 bits per heavy atom. The van der Waals surface area contributed by atoms with Gasteiger partial charge in [-0.05, 0) is 45.8 Å². The molecule has 0 rings (SSSR count). The fraction of sp³-hybridized carbons (Fsp3) is 1.00. The maximum absolute atomic E-state index is 6.18. The molecular formula is C17H54O4Si3. The molecule has 0 aromatic heterocycles. The largest absolute Gasteiger partial charge is 0.454 e. The molecule has 0 heterocycles. The minimum Gasteiger partial charge on any atom is -0.454 e. The molecule has 0 atom stereocenters. The predicted octanol–water partition coefficient (Wildman–Crippen LogP) is 6.78. The standard InChI is InChI=1S/C11H30O4Si3.6CH4/c1-12-17(5,6)10-13-9-14-11-18(7,8)15-16(2,3)4;;;;;;/h9-11H2,1-8H3;6*1H4. The van der Waals surface area contributed by atoms with Gasteiger partial charge in [0.1, 0.15) is 6.79 Å². The zero-order chi connectivity index (χ0) is 14.4. The van der Waals surface area contributed by atoms with E-state index in [1.54, 1.807) is 7.11 Å². The first-order valence-corrected chi connectivity index (χ1v) is 16.0. The molecule has 24 heavy (non-hydrogen) atoms. The third-order valence-corrected chi connectivity index (χ3v) is 9.76. The highest BCUT2D eigenvalue weighted by Gasteiger charge is 2.30. The smallest absolute Gasteiger partial charge is 0.211 e. The molecule has 0 bridgehead atoms. The minimum atomic E-state index is -1.70.